The molecule has 0 unspecified atom stereocenters. The Kier molecular flexibility index (Phi) is 4.60. The minimum atomic E-state index is -0.281. The molecule has 1 amide bonds. The third-order valence-electron chi connectivity index (χ3n) is 3.39. The number of rotatable bonds is 3. The van der Waals surface area contributed by atoms with Gasteiger partial charge in [-0.05, 0) is 22.9 Å². The summed E-state index contributed by atoms with van der Waals surface area (Å²) in [6.07, 6.45) is 1.47. The monoisotopic (exact) mass is 342 g/mol. The zero-order chi connectivity index (χ0) is 16.2. The Bertz CT molecular complexity index is 901. The first kappa shape index (κ1) is 15.5. The molecule has 3 aromatic rings. The molecule has 23 heavy (non-hydrogen) atoms. The van der Waals surface area contributed by atoms with Gasteiger partial charge in [-0.2, -0.15) is 5.10 Å². The number of nitrogens with one attached hydrogen (secondary N) is 1. The molecular weight excluding hydrogens is 331 g/mol. The second-order valence-electron chi connectivity index (χ2n) is 4.87. The van der Waals surface area contributed by atoms with Crippen LogP contribution < -0.4 is 5.43 Å². The van der Waals surface area contributed by atoms with Crippen LogP contribution in [-0.2, 0) is 0 Å². The van der Waals surface area contributed by atoms with E-state index in [9.17, 15) is 4.79 Å². The van der Waals surface area contributed by atoms with E-state index >= 15 is 0 Å². The Hall–Kier alpha value is -2.36. The molecule has 1 N–H and O–H groups in total. The van der Waals surface area contributed by atoms with Gasteiger partial charge in [-0.3, -0.25) is 4.79 Å². The van der Waals surface area contributed by atoms with Crippen LogP contribution in [0.2, 0.25) is 10.0 Å². The molecule has 3 rings (SSSR count). The van der Waals surface area contributed by atoms with Crippen molar-refractivity contribution in [2.45, 2.75) is 0 Å². The number of fused-ring (bicyclic) bond motifs is 1. The van der Waals surface area contributed by atoms with E-state index < -0.39 is 0 Å². The van der Waals surface area contributed by atoms with Gasteiger partial charge >= 0.3 is 0 Å². The lowest BCUT2D eigenvalue weighted by molar-refractivity contribution is 0.0957. The normalized spacial score (nSPS) is 11.0. The average Bonchev–Trinajstić information content (AvgIpc) is 2.58. The van der Waals surface area contributed by atoms with E-state index in [2.05, 4.69) is 10.5 Å². The van der Waals surface area contributed by atoms with E-state index in [1.54, 1.807) is 24.3 Å². The largest absolute Gasteiger partial charge is 0.271 e. The summed E-state index contributed by atoms with van der Waals surface area (Å²) in [5, 5.41) is 6.68. The van der Waals surface area contributed by atoms with Gasteiger partial charge in [0.1, 0.15) is 0 Å². The lowest BCUT2D eigenvalue weighted by Gasteiger charge is -2.05. The molecule has 0 aromatic heterocycles. The van der Waals surface area contributed by atoms with Gasteiger partial charge in [-0.1, -0.05) is 71.7 Å². The first-order valence-corrected chi connectivity index (χ1v) is 7.67. The van der Waals surface area contributed by atoms with Crippen molar-refractivity contribution in [1.29, 1.82) is 0 Å². The van der Waals surface area contributed by atoms with Gasteiger partial charge in [0.25, 0.3) is 5.91 Å². The molecule has 0 aliphatic heterocycles. The van der Waals surface area contributed by atoms with Crippen molar-refractivity contribution in [3.8, 4) is 0 Å². The van der Waals surface area contributed by atoms with Crippen LogP contribution in [0.4, 0.5) is 0 Å². The van der Waals surface area contributed by atoms with E-state index in [4.69, 9.17) is 23.2 Å². The molecule has 0 aliphatic rings. The summed E-state index contributed by atoms with van der Waals surface area (Å²) in [6.45, 7) is 0. The van der Waals surface area contributed by atoms with Crippen LogP contribution in [0.1, 0.15) is 15.9 Å². The van der Waals surface area contributed by atoms with E-state index in [1.165, 1.54) is 6.21 Å². The van der Waals surface area contributed by atoms with Crippen molar-refractivity contribution in [2.24, 2.45) is 5.10 Å². The second kappa shape index (κ2) is 6.82. The van der Waals surface area contributed by atoms with Crippen molar-refractivity contribution >= 4 is 46.1 Å². The molecule has 0 saturated heterocycles. The van der Waals surface area contributed by atoms with Crippen LogP contribution in [0.25, 0.3) is 10.8 Å². The third-order valence-corrected chi connectivity index (χ3v) is 4.22. The van der Waals surface area contributed by atoms with Crippen LogP contribution in [0, 0.1) is 0 Å². The van der Waals surface area contributed by atoms with Gasteiger partial charge in [0.15, 0.2) is 0 Å². The lowest BCUT2D eigenvalue weighted by Crippen LogP contribution is -2.17. The van der Waals surface area contributed by atoms with Gasteiger partial charge in [-0.25, -0.2) is 5.43 Å². The highest BCUT2D eigenvalue weighted by Gasteiger charge is 2.08. The fourth-order valence-electron chi connectivity index (χ4n) is 2.26. The first-order valence-electron chi connectivity index (χ1n) is 6.92. The lowest BCUT2D eigenvalue weighted by atomic mass is 10.0. The Morgan fingerprint density at radius 1 is 0.957 bits per heavy atom. The zero-order valence-electron chi connectivity index (χ0n) is 12.0. The quantitative estimate of drug-likeness (QED) is 0.533. The fraction of sp³-hybridized carbons (Fsp3) is 0. The predicted molar refractivity (Wildman–Crippen MR) is 95.5 cm³/mol. The fourth-order valence-corrected chi connectivity index (χ4v) is 2.62. The van der Waals surface area contributed by atoms with Crippen molar-refractivity contribution in [2.75, 3.05) is 0 Å². The zero-order valence-corrected chi connectivity index (χ0v) is 13.5. The predicted octanol–water partition coefficient (Wildman–Crippen LogP) is 4.91. The maximum absolute atomic E-state index is 12.3. The summed E-state index contributed by atoms with van der Waals surface area (Å²) in [7, 11) is 0. The number of amides is 1. The van der Waals surface area contributed by atoms with Gasteiger partial charge in [0.05, 0.1) is 16.3 Å². The van der Waals surface area contributed by atoms with Crippen LogP contribution in [0.15, 0.2) is 65.8 Å². The van der Waals surface area contributed by atoms with Gasteiger partial charge in [0, 0.05) is 11.1 Å². The third kappa shape index (κ3) is 3.36. The highest BCUT2D eigenvalue weighted by atomic mass is 35.5. The summed E-state index contributed by atoms with van der Waals surface area (Å²) in [6, 6.07) is 18.5. The molecule has 0 atom stereocenters. The number of carbonyl (C=O) groups is 1. The summed E-state index contributed by atoms with van der Waals surface area (Å²) >= 11 is 12.0. The minimum absolute atomic E-state index is 0.281. The molecule has 3 aromatic carbocycles. The Morgan fingerprint density at radius 2 is 1.70 bits per heavy atom. The highest BCUT2D eigenvalue weighted by Crippen LogP contribution is 2.24. The van der Waals surface area contributed by atoms with E-state index in [0.29, 0.717) is 21.2 Å². The minimum Gasteiger partial charge on any atom is -0.267 e. The van der Waals surface area contributed by atoms with E-state index in [0.717, 1.165) is 10.8 Å². The van der Waals surface area contributed by atoms with Crippen LogP contribution in [0.5, 0.6) is 0 Å². The number of benzene rings is 3. The number of hydrazone groups is 1. The molecular formula is C18H12Cl2N2O. The molecule has 0 aliphatic carbocycles. The first-order chi connectivity index (χ1) is 11.2. The van der Waals surface area contributed by atoms with Crippen LogP contribution in [0.3, 0.4) is 0 Å². The number of hydrogen-bond acceptors (Lipinski definition) is 2. The molecule has 0 fully saturated rings. The Labute approximate surface area is 143 Å². The molecule has 0 saturated carbocycles. The summed E-state index contributed by atoms with van der Waals surface area (Å²) < 4.78 is 0. The second-order valence-corrected chi connectivity index (χ2v) is 5.65. The smallest absolute Gasteiger partial charge is 0.267 e. The molecule has 0 heterocycles. The standard InChI is InChI=1S/C18H12Cl2N2O/c19-16-10-4-7-13(17(16)20)11-21-22-18(23)15-9-3-6-12-5-1-2-8-14(12)15/h1-11H,(H,22,23). The molecule has 114 valence electrons. The van der Waals surface area contributed by atoms with Crippen molar-refractivity contribution in [3.63, 3.8) is 0 Å². The highest BCUT2D eigenvalue weighted by molar-refractivity contribution is 6.43. The van der Waals surface area contributed by atoms with Crippen LogP contribution >= 0.6 is 23.2 Å². The van der Waals surface area contributed by atoms with E-state index in [1.807, 2.05) is 36.4 Å². The summed E-state index contributed by atoms with van der Waals surface area (Å²) in [5.74, 6) is -0.281. The van der Waals surface area contributed by atoms with Crippen molar-refractivity contribution in [1.82, 2.24) is 5.43 Å². The van der Waals surface area contributed by atoms with Gasteiger partial charge < -0.3 is 0 Å². The number of nitrogens with zero attached hydrogens (tertiary/aromatic N) is 1. The Morgan fingerprint density at radius 3 is 2.57 bits per heavy atom. The Balaban J connectivity index is 1.81. The van der Waals surface area contributed by atoms with Crippen molar-refractivity contribution in [3.05, 3.63) is 81.8 Å². The number of carbonyl (C=O) groups excluding carboxylic acids is 1. The number of halogens is 2. The topological polar surface area (TPSA) is 41.5 Å². The molecule has 3 nitrogen and oxygen atoms in total. The molecule has 0 spiro atoms. The van der Waals surface area contributed by atoms with Gasteiger partial charge in [0.2, 0.25) is 0 Å². The molecule has 0 radical (unpaired) electrons. The maximum Gasteiger partial charge on any atom is 0.271 e. The average molecular weight is 343 g/mol. The number of hydrogen-bond donors (Lipinski definition) is 1. The maximum atomic E-state index is 12.3. The SMILES string of the molecule is O=C(NN=Cc1cccc(Cl)c1Cl)c1cccc2ccccc12. The summed E-state index contributed by atoms with van der Waals surface area (Å²) in [5.41, 5.74) is 3.72. The van der Waals surface area contributed by atoms with Crippen LogP contribution in [-0.4, -0.2) is 12.1 Å². The molecule has 0 bridgehead atoms. The molecule has 5 heteroatoms. The van der Waals surface area contributed by atoms with Gasteiger partial charge in [-0.15, -0.1) is 0 Å². The van der Waals surface area contributed by atoms with E-state index in [-0.39, 0.29) is 5.91 Å². The van der Waals surface area contributed by atoms with Crippen molar-refractivity contribution < 1.29 is 4.79 Å². The summed E-state index contributed by atoms with van der Waals surface area (Å²) in [4.78, 5) is 12.3.